The summed E-state index contributed by atoms with van der Waals surface area (Å²) >= 11 is 0. The van der Waals surface area contributed by atoms with E-state index in [4.69, 9.17) is 9.47 Å². The predicted molar refractivity (Wildman–Crippen MR) is 67.1 cm³/mol. The zero-order valence-corrected chi connectivity index (χ0v) is 10.8. The Bertz CT molecular complexity index is 477. The Hall–Kier alpha value is -2.08. The molecule has 19 heavy (non-hydrogen) atoms. The number of nitrogens with one attached hydrogen (secondary N) is 2. The first kappa shape index (κ1) is 13.4. The number of hydrogen-bond acceptors (Lipinski definition) is 4. The van der Waals surface area contributed by atoms with Crippen LogP contribution in [0.2, 0.25) is 0 Å². The summed E-state index contributed by atoms with van der Waals surface area (Å²) in [5, 5.41) is 5.05. The fourth-order valence-corrected chi connectivity index (χ4v) is 1.92. The number of carbonyl (C=O) groups excluding carboxylic acids is 2. The van der Waals surface area contributed by atoms with Crippen molar-refractivity contribution in [2.24, 2.45) is 0 Å². The van der Waals surface area contributed by atoms with Crippen molar-refractivity contribution in [2.45, 2.75) is 25.3 Å². The third-order valence-electron chi connectivity index (χ3n) is 3.12. The molecular weight excluding hydrogens is 248 g/mol. The lowest BCUT2D eigenvalue weighted by molar-refractivity contribution is -0.170. The molecule has 0 aliphatic carbocycles. The van der Waals surface area contributed by atoms with E-state index >= 15 is 0 Å². The minimum absolute atomic E-state index is 0.141. The molecule has 2 atom stereocenters. The van der Waals surface area contributed by atoms with Crippen molar-refractivity contribution in [1.29, 1.82) is 0 Å². The van der Waals surface area contributed by atoms with Crippen LogP contribution in [0.25, 0.3) is 0 Å². The molecule has 0 spiro atoms. The van der Waals surface area contributed by atoms with Crippen molar-refractivity contribution in [3.05, 3.63) is 35.9 Å². The molecule has 0 aromatic heterocycles. The number of hydrogen-bond donors (Lipinski definition) is 2. The van der Waals surface area contributed by atoms with Crippen LogP contribution in [0.15, 0.2) is 30.3 Å². The van der Waals surface area contributed by atoms with Crippen molar-refractivity contribution >= 4 is 12.0 Å². The third-order valence-corrected chi connectivity index (χ3v) is 3.12. The first-order valence-electron chi connectivity index (χ1n) is 5.93. The molecule has 2 rings (SSSR count). The topological polar surface area (TPSA) is 76.7 Å². The standard InChI is InChI=1S/C13H16N2O4/c1-9-13(18-2,11(16)14-9)15-12(17)19-8-10-6-4-3-5-7-10/h3-7,9H,8H2,1-2H3,(H,14,16)(H,15,17)/t9-,13-/m1/s1. The van der Waals surface area contributed by atoms with Gasteiger partial charge in [-0.25, -0.2) is 4.79 Å². The molecule has 102 valence electrons. The van der Waals surface area contributed by atoms with Gasteiger partial charge in [-0.15, -0.1) is 0 Å². The van der Waals surface area contributed by atoms with Crippen LogP contribution in [0.1, 0.15) is 12.5 Å². The summed E-state index contributed by atoms with van der Waals surface area (Å²) in [6.07, 6.45) is -0.688. The highest BCUT2D eigenvalue weighted by atomic mass is 16.6. The number of benzene rings is 1. The van der Waals surface area contributed by atoms with Crippen molar-refractivity contribution in [1.82, 2.24) is 10.6 Å². The van der Waals surface area contributed by atoms with Gasteiger partial charge in [-0.2, -0.15) is 0 Å². The first-order chi connectivity index (χ1) is 9.08. The molecule has 0 radical (unpaired) electrons. The van der Waals surface area contributed by atoms with E-state index in [0.717, 1.165) is 5.56 Å². The fraction of sp³-hybridized carbons (Fsp3) is 0.385. The molecular formula is C13H16N2O4. The van der Waals surface area contributed by atoms with Gasteiger partial charge in [0.05, 0.1) is 6.04 Å². The van der Waals surface area contributed by atoms with Gasteiger partial charge in [0.1, 0.15) is 6.61 Å². The van der Waals surface area contributed by atoms with Gasteiger partial charge in [0, 0.05) is 7.11 Å². The first-order valence-corrected chi connectivity index (χ1v) is 5.93. The van der Waals surface area contributed by atoms with Gasteiger partial charge < -0.3 is 14.8 Å². The summed E-state index contributed by atoms with van der Waals surface area (Å²) in [5.41, 5.74) is -0.455. The Morgan fingerprint density at radius 1 is 1.42 bits per heavy atom. The summed E-state index contributed by atoms with van der Waals surface area (Å²) < 4.78 is 10.1. The number of alkyl carbamates (subject to hydrolysis) is 1. The monoisotopic (exact) mass is 264 g/mol. The summed E-state index contributed by atoms with van der Waals surface area (Å²) in [5.74, 6) is -0.376. The second-order valence-corrected chi connectivity index (χ2v) is 4.32. The van der Waals surface area contributed by atoms with Crippen LogP contribution in [0.3, 0.4) is 0 Å². The lowest BCUT2D eigenvalue weighted by Gasteiger charge is -2.45. The van der Waals surface area contributed by atoms with Crippen LogP contribution in [0.4, 0.5) is 4.79 Å². The molecule has 2 N–H and O–H groups in total. The van der Waals surface area contributed by atoms with Gasteiger partial charge in [-0.1, -0.05) is 30.3 Å². The zero-order valence-electron chi connectivity index (χ0n) is 10.8. The molecule has 6 heteroatoms. The van der Waals surface area contributed by atoms with Crippen molar-refractivity contribution in [3.8, 4) is 0 Å². The van der Waals surface area contributed by atoms with E-state index in [-0.39, 0.29) is 18.6 Å². The van der Waals surface area contributed by atoms with E-state index < -0.39 is 11.8 Å². The minimum atomic E-state index is -1.33. The van der Waals surface area contributed by atoms with E-state index in [1.165, 1.54) is 7.11 Å². The van der Waals surface area contributed by atoms with Crippen LogP contribution >= 0.6 is 0 Å². The maximum absolute atomic E-state index is 11.7. The van der Waals surface area contributed by atoms with E-state index in [0.29, 0.717) is 0 Å². The number of β-lactam (4-membered cyclic amide) rings is 1. The maximum Gasteiger partial charge on any atom is 0.410 e. The number of ether oxygens (including phenoxy) is 2. The third kappa shape index (κ3) is 2.53. The molecule has 1 aromatic carbocycles. The number of amides is 2. The highest BCUT2D eigenvalue weighted by Crippen LogP contribution is 2.21. The maximum atomic E-state index is 11.7. The Balaban J connectivity index is 1.89. The molecule has 1 fully saturated rings. The van der Waals surface area contributed by atoms with Gasteiger partial charge in [0.25, 0.3) is 5.91 Å². The number of rotatable bonds is 4. The van der Waals surface area contributed by atoms with Crippen LogP contribution in [0, 0.1) is 0 Å². The van der Waals surface area contributed by atoms with E-state index in [1.54, 1.807) is 6.92 Å². The van der Waals surface area contributed by atoms with Crippen molar-refractivity contribution < 1.29 is 19.1 Å². The van der Waals surface area contributed by atoms with Crippen LogP contribution in [-0.2, 0) is 20.9 Å². The Morgan fingerprint density at radius 2 is 2.11 bits per heavy atom. The molecule has 0 unspecified atom stereocenters. The molecule has 1 aliphatic rings. The molecule has 1 heterocycles. The smallest absolute Gasteiger partial charge is 0.410 e. The van der Waals surface area contributed by atoms with Gasteiger partial charge in [0.2, 0.25) is 5.72 Å². The molecule has 6 nitrogen and oxygen atoms in total. The second-order valence-electron chi connectivity index (χ2n) is 4.32. The van der Waals surface area contributed by atoms with E-state index in [1.807, 2.05) is 30.3 Å². The Kier molecular flexibility index (Phi) is 3.71. The average Bonchev–Trinajstić information content (AvgIpc) is 2.43. The van der Waals surface area contributed by atoms with E-state index in [9.17, 15) is 9.59 Å². The van der Waals surface area contributed by atoms with Crippen LogP contribution in [0.5, 0.6) is 0 Å². The molecule has 1 aliphatic heterocycles. The Morgan fingerprint density at radius 3 is 2.63 bits per heavy atom. The van der Waals surface area contributed by atoms with Crippen LogP contribution in [-0.4, -0.2) is 30.9 Å². The highest BCUT2D eigenvalue weighted by molar-refractivity contribution is 5.95. The minimum Gasteiger partial charge on any atom is -0.445 e. The summed E-state index contributed by atoms with van der Waals surface area (Å²) in [4.78, 5) is 23.2. The van der Waals surface area contributed by atoms with Gasteiger partial charge >= 0.3 is 6.09 Å². The van der Waals surface area contributed by atoms with Gasteiger partial charge in [-0.05, 0) is 12.5 Å². The molecule has 1 aromatic rings. The number of methoxy groups -OCH3 is 1. The summed E-state index contributed by atoms with van der Waals surface area (Å²) in [7, 11) is 1.37. The molecule has 2 amide bonds. The largest absolute Gasteiger partial charge is 0.445 e. The van der Waals surface area contributed by atoms with Crippen molar-refractivity contribution in [2.75, 3.05) is 7.11 Å². The quantitative estimate of drug-likeness (QED) is 0.622. The number of carbonyl (C=O) groups is 2. The summed E-state index contributed by atoms with van der Waals surface area (Å²) in [6, 6.07) is 8.98. The van der Waals surface area contributed by atoms with E-state index in [2.05, 4.69) is 10.6 Å². The average molecular weight is 264 g/mol. The molecule has 0 saturated carbocycles. The predicted octanol–water partition coefficient (Wildman–Crippen LogP) is 0.774. The SMILES string of the molecule is CO[C@@]1(NC(=O)OCc2ccccc2)C(=O)N[C@@H]1C. The fourth-order valence-electron chi connectivity index (χ4n) is 1.92. The summed E-state index contributed by atoms with van der Waals surface area (Å²) in [6.45, 7) is 1.88. The van der Waals surface area contributed by atoms with Crippen molar-refractivity contribution in [3.63, 3.8) is 0 Å². The van der Waals surface area contributed by atoms with Gasteiger partial charge in [-0.3, -0.25) is 10.1 Å². The molecule has 0 bridgehead atoms. The highest BCUT2D eigenvalue weighted by Gasteiger charge is 2.55. The normalized spacial score (nSPS) is 25.2. The Labute approximate surface area is 111 Å². The lowest BCUT2D eigenvalue weighted by Crippen LogP contribution is -2.79. The zero-order chi connectivity index (χ0) is 13.9. The van der Waals surface area contributed by atoms with Gasteiger partial charge in [0.15, 0.2) is 0 Å². The lowest BCUT2D eigenvalue weighted by atomic mass is 9.95. The molecule has 1 saturated heterocycles. The van der Waals surface area contributed by atoms with Crippen LogP contribution < -0.4 is 10.6 Å². The second kappa shape index (κ2) is 5.27.